The molecule has 1 fully saturated rings. The normalized spacial score (nSPS) is 16.2. The van der Waals surface area contributed by atoms with E-state index in [-0.39, 0.29) is 11.4 Å². The van der Waals surface area contributed by atoms with Crippen LogP contribution in [-0.2, 0) is 16.0 Å². The number of imide groups is 1. The molecule has 1 aliphatic rings. The number of imidazole rings is 1. The molecule has 2 aromatic rings. The van der Waals surface area contributed by atoms with E-state index in [9.17, 15) is 14.4 Å². The van der Waals surface area contributed by atoms with E-state index >= 15 is 0 Å². The van der Waals surface area contributed by atoms with E-state index in [0.29, 0.717) is 18.7 Å². The summed E-state index contributed by atoms with van der Waals surface area (Å²) in [6, 6.07) is 3.36. The maximum Gasteiger partial charge on any atom is 0.294 e. The van der Waals surface area contributed by atoms with Crippen LogP contribution in [0.15, 0.2) is 40.2 Å². The summed E-state index contributed by atoms with van der Waals surface area (Å²) in [5.74, 6) is -0.411. The van der Waals surface area contributed by atoms with Crippen molar-refractivity contribution in [2.45, 2.75) is 6.42 Å². The Bertz CT molecular complexity index is 768. The standard InChI is InChI=1S/C15H14N4O4S/c20-13(17-4-3-10-7-16-9-18-10)8-19-14(21)12(24-15(19)22)6-11-2-1-5-23-11/h1-2,5-7,9H,3-4,8H2,(H,16,18)(H,17,20)/b12-6-. The molecule has 124 valence electrons. The average Bonchev–Trinajstić information content (AvgIpc) is 3.28. The minimum absolute atomic E-state index is 0.236. The van der Waals surface area contributed by atoms with Crippen molar-refractivity contribution in [2.75, 3.05) is 13.1 Å². The van der Waals surface area contributed by atoms with Crippen molar-refractivity contribution >= 4 is 34.9 Å². The van der Waals surface area contributed by atoms with Crippen LogP contribution in [0, 0.1) is 0 Å². The number of carbonyl (C=O) groups excluding carboxylic acids is 3. The summed E-state index contributed by atoms with van der Waals surface area (Å²) in [6.45, 7) is 0.0859. The van der Waals surface area contributed by atoms with Crippen LogP contribution in [0.3, 0.4) is 0 Å². The van der Waals surface area contributed by atoms with Gasteiger partial charge in [0.25, 0.3) is 11.1 Å². The number of amides is 3. The first-order valence-electron chi connectivity index (χ1n) is 7.16. The molecule has 9 heteroatoms. The SMILES string of the molecule is O=C(CN1C(=O)S/C(=C\c2ccco2)C1=O)NCCc1cnc[nH]1. The molecule has 8 nitrogen and oxygen atoms in total. The molecule has 0 aliphatic carbocycles. The first-order chi connectivity index (χ1) is 11.6. The van der Waals surface area contributed by atoms with Crippen LogP contribution >= 0.6 is 11.8 Å². The molecule has 0 atom stereocenters. The highest BCUT2D eigenvalue weighted by Crippen LogP contribution is 2.31. The number of thioether (sulfide) groups is 1. The van der Waals surface area contributed by atoms with Crippen LogP contribution in [0.5, 0.6) is 0 Å². The first kappa shape index (κ1) is 16.1. The van der Waals surface area contributed by atoms with Gasteiger partial charge in [-0.3, -0.25) is 19.3 Å². The van der Waals surface area contributed by atoms with Crippen LogP contribution in [0.1, 0.15) is 11.5 Å². The highest BCUT2D eigenvalue weighted by Gasteiger charge is 2.36. The third-order valence-electron chi connectivity index (χ3n) is 3.26. The molecule has 0 bridgehead atoms. The van der Waals surface area contributed by atoms with Crippen molar-refractivity contribution in [1.82, 2.24) is 20.2 Å². The number of hydrogen-bond donors (Lipinski definition) is 2. The molecule has 1 aliphatic heterocycles. The number of H-pyrrole nitrogens is 1. The second-order valence-corrected chi connectivity index (χ2v) is 5.95. The van der Waals surface area contributed by atoms with Gasteiger partial charge in [-0.1, -0.05) is 0 Å². The maximum absolute atomic E-state index is 12.2. The highest BCUT2D eigenvalue weighted by molar-refractivity contribution is 8.18. The van der Waals surface area contributed by atoms with E-state index in [4.69, 9.17) is 4.42 Å². The lowest BCUT2D eigenvalue weighted by atomic mass is 10.3. The monoisotopic (exact) mass is 346 g/mol. The molecule has 1 saturated heterocycles. The largest absolute Gasteiger partial charge is 0.465 e. The van der Waals surface area contributed by atoms with E-state index in [2.05, 4.69) is 15.3 Å². The molecule has 3 rings (SSSR count). The maximum atomic E-state index is 12.2. The zero-order valence-corrected chi connectivity index (χ0v) is 13.3. The number of aromatic amines is 1. The fraction of sp³-hybridized carbons (Fsp3) is 0.200. The van der Waals surface area contributed by atoms with Gasteiger partial charge in [-0.25, -0.2) is 4.98 Å². The van der Waals surface area contributed by atoms with Crippen LogP contribution < -0.4 is 5.32 Å². The summed E-state index contributed by atoms with van der Waals surface area (Å²) in [7, 11) is 0. The van der Waals surface area contributed by atoms with Gasteiger partial charge in [-0.2, -0.15) is 0 Å². The van der Waals surface area contributed by atoms with Crippen LogP contribution in [0.4, 0.5) is 4.79 Å². The second-order valence-electron chi connectivity index (χ2n) is 4.96. The van der Waals surface area contributed by atoms with Crippen molar-refractivity contribution in [3.63, 3.8) is 0 Å². The summed E-state index contributed by atoms with van der Waals surface area (Å²) in [5.41, 5.74) is 0.892. The highest BCUT2D eigenvalue weighted by atomic mass is 32.2. The number of aromatic nitrogens is 2. The molecule has 24 heavy (non-hydrogen) atoms. The van der Waals surface area contributed by atoms with Crippen molar-refractivity contribution in [2.24, 2.45) is 0 Å². The Morgan fingerprint density at radius 3 is 3.04 bits per heavy atom. The van der Waals surface area contributed by atoms with Gasteiger partial charge in [-0.05, 0) is 23.9 Å². The Labute approximate surface area is 141 Å². The van der Waals surface area contributed by atoms with Gasteiger partial charge >= 0.3 is 0 Å². The third kappa shape index (κ3) is 3.74. The van der Waals surface area contributed by atoms with Crippen molar-refractivity contribution in [1.29, 1.82) is 0 Å². The predicted molar refractivity (Wildman–Crippen MR) is 86.7 cm³/mol. The van der Waals surface area contributed by atoms with Gasteiger partial charge in [0.15, 0.2) is 0 Å². The summed E-state index contributed by atoms with van der Waals surface area (Å²) in [4.78, 5) is 44.0. The Morgan fingerprint density at radius 2 is 2.33 bits per heavy atom. The van der Waals surface area contributed by atoms with Gasteiger partial charge in [0.2, 0.25) is 5.91 Å². The van der Waals surface area contributed by atoms with Crippen molar-refractivity contribution < 1.29 is 18.8 Å². The molecule has 0 radical (unpaired) electrons. The predicted octanol–water partition coefficient (Wildman–Crippen LogP) is 1.40. The number of furan rings is 1. The van der Waals surface area contributed by atoms with Crippen LogP contribution in [0.2, 0.25) is 0 Å². The lowest BCUT2D eigenvalue weighted by Gasteiger charge is -2.12. The van der Waals surface area contributed by atoms with Gasteiger partial charge < -0.3 is 14.7 Å². The van der Waals surface area contributed by atoms with Gasteiger partial charge in [0, 0.05) is 30.9 Å². The molecule has 3 amide bonds. The summed E-state index contributed by atoms with van der Waals surface area (Å²) in [5, 5.41) is 2.20. The smallest absolute Gasteiger partial charge is 0.294 e. The molecule has 3 heterocycles. The molecular weight excluding hydrogens is 332 g/mol. The number of nitrogens with one attached hydrogen (secondary N) is 2. The zero-order chi connectivity index (χ0) is 16.9. The number of carbonyl (C=O) groups is 3. The quantitative estimate of drug-likeness (QED) is 0.766. The minimum Gasteiger partial charge on any atom is -0.465 e. The van der Waals surface area contributed by atoms with E-state index in [1.165, 1.54) is 12.3 Å². The lowest BCUT2D eigenvalue weighted by molar-refractivity contribution is -0.129. The van der Waals surface area contributed by atoms with Gasteiger partial charge in [0.1, 0.15) is 12.3 Å². The average molecular weight is 346 g/mol. The minimum atomic E-state index is -0.495. The summed E-state index contributed by atoms with van der Waals surface area (Å²) >= 11 is 0.789. The van der Waals surface area contributed by atoms with E-state index in [0.717, 1.165) is 22.4 Å². The first-order valence-corrected chi connectivity index (χ1v) is 7.98. The van der Waals surface area contributed by atoms with Gasteiger partial charge in [0.05, 0.1) is 17.5 Å². The second kappa shape index (κ2) is 7.18. The topological polar surface area (TPSA) is 108 Å². The van der Waals surface area contributed by atoms with Crippen LogP contribution in [-0.4, -0.2) is 45.0 Å². The summed E-state index contributed by atoms with van der Waals surface area (Å²) in [6.07, 6.45) is 6.78. The number of nitrogens with zero attached hydrogens (tertiary/aromatic N) is 2. The number of hydrogen-bond acceptors (Lipinski definition) is 6. The molecule has 2 aromatic heterocycles. The molecule has 2 N–H and O–H groups in total. The Morgan fingerprint density at radius 1 is 1.46 bits per heavy atom. The van der Waals surface area contributed by atoms with E-state index in [1.807, 2.05) is 0 Å². The van der Waals surface area contributed by atoms with E-state index < -0.39 is 17.1 Å². The molecule has 0 saturated carbocycles. The van der Waals surface area contributed by atoms with E-state index in [1.54, 1.807) is 24.7 Å². The van der Waals surface area contributed by atoms with Crippen LogP contribution in [0.25, 0.3) is 6.08 Å². The Balaban J connectivity index is 1.53. The zero-order valence-electron chi connectivity index (χ0n) is 12.5. The Hall–Kier alpha value is -2.81. The molecule has 0 spiro atoms. The molecule has 0 unspecified atom stereocenters. The fourth-order valence-corrected chi connectivity index (χ4v) is 2.91. The van der Waals surface area contributed by atoms with Crippen molar-refractivity contribution in [3.05, 3.63) is 47.3 Å². The molecular formula is C15H14N4O4S. The fourth-order valence-electron chi connectivity index (χ4n) is 2.10. The third-order valence-corrected chi connectivity index (χ3v) is 4.17. The summed E-state index contributed by atoms with van der Waals surface area (Å²) < 4.78 is 5.12. The lowest BCUT2D eigenvalue weighted by Crippen LogP contribution is -2.40. The van der Waals surface area contributed by atoms with Gasteiger partial charge in [-0.15, -0.1) is 0 Å². The molecule has 0 aromatic carbocycles. The Kier molecular flexibility index (Phi) is 4.80. The number of rotatable bonds is 6. The van der Waals surface area contributed by atoms with Crippen molar-refractivity contribution in [3.8, 4) is 0 Å².